The van der Waals surface area contributed by atoms with Crippen LogP contribution >= 0.6 is 11.6 Å². The Morgan fingerprint density at radius 3 is 2.41 bits per heavy atom. The first-order chi connectivity index (χ1) is 7.99. The van der Waals surface area contributed by atoms with Gasteiger partial charge >= 0.3 is 0 Å². The van der Waals surface area contributed by atoms with Gasteiger partial charge in [0.05, 0.1) is 0 Å². The van der Waals surface area contributed by atoms with Gasteiger partial charge in [-0.1, -0.05) is 20.8 Å². The highest BCUT2D eigenvalue weighted by Gasteiger charge is 2.15. The molecule has 1 aromatic rings. The predicted octanol–water partition coefficient (Wildman–Crippen LogP) is 3.86. The summed E-state index contributed by atoms with van der Waals surface area (Å²) >= 11 is 5.93. The van der Waals surface area contributed by atoms with Crippen LogP contribution in [0.5, 0.6) is 0 Å². The van der Waals surface area contributed by atoms with Crippen molar-refractivity contribution < 1.29 is 0 Å². The van der Waals surface area contributed by atoms with Gasteiger partial charge in [0.2, 0.25) is 0 Å². The first-order valence-electron chi connectivity index (χ1n) is 6.28. The number of alkyl halides is 1. The lowest BCUT2D eigenvalue weighted by Gasteiger charge is -2.29. The third-order valence-corrected chi connectivity index (χ3v) is 3.69. The van der Waals surface area contributed by atoms with Crippen LogP contribution in [0, 0.1) is 5.92 Å². The van der Waals surface area contributed by atoms with Crippen molar-refractivity contribution in [2.45, 2.75) is 46.0 Å². The van der Waals surface area contributed by atoms with E-state index in [-0.39, 0.29) is 0 Å². The number of halogens is 1. The molecule has 1 atom stereocenters. The molecule has 0 aliphatic carbocycles. The average Bonchev–Trinajstić information content (AvgIpc) is 2.35. The molecule has 2 nitrogen and oxygen atoms in total. The fourth-order valence-corrected chi connectivity index (χ4v) is 1.88. The van der Waals surface area contributed by atoms with Gasteiger partial charge in [-0.15, -0.1) is 11.6 Å². The second-order valence-electron chi connectivity index (χ2n) is 4.91. The maximum absolute atomic E-state index is 5.93. The third-order valence-electron chi connectivity index (χ3n) is 3.38. The standard InChI is InChI=1S/C14H23ClN2/c1-6-13-7-12(9-15)8-14(16-13)17(5)11(4)10(2)3/h7-8,10-11H,6,9H2,1-5H3. The molecule has 0 saturated heterocycles. The molecule has 0 saturated carbocycles. The zero-order valence-corrected chi connectivity index (χ0v) is 12.3. The summed E-state index contributed by atoms with van der Waals surface area (Å²) in [5.41, 5.74) is 2.26. The summed E-state index contributed by atoms with van der Waals surface area (Å²) in [7, 11) is 2.10. The molecule has 1 aromatic heterocycles. The Kier molecular flexibility index (Phi) is 5.26. The van der Waals surface area contributed by atoms with Gasteiger partial charge < -0.3 is 4.90 Å². The van der Waals surface area contributed by atoms with E-state index < -0.39 is 0 Å². The number of hydrogen-bond acceptors (Lipinski definition) is 2. The molecule has 96 valence electrons. The van der Waals surface area contributed by atoms with Gasteiger partial charge in [0, 0.05) is 24.7 Å². The molecule has 1 rings (SSSR count). The van der Waals surface area contributed by atoms with E-state index in [1.165, 1.54) is 0 Å². The summed E-state index contributed by atoms with van der Waals surface area (Å²) in [6.07, 6.45) is 0.946. The van der Waals surface area contributed by atoms with E-state index in [4.69, 9.17) is 11.6 Å². The molecule has 0 aliphatic rings. The summed E-state index contributed by atoms with van der Waals surface area (Å²) in [5, 5.41) is 0. The minimum atomic E-state index is 0.470. The van der Waals surface area contributed by atoms with E-state index in [9.17, 15) is 0 Å². The molecular weight excluding hydrogens is 232 g/mol. The highest BCUT2D eigenvalue weighted by atomic mass is 35.5. The monoisotopic (exact) mass is 254 g/mol. The average molecular weight is 255 g/mol. The number of aryl methyl sites for hydroxylation is 1. The van der Waals surface area contributed by atoms with Crippen LogP contribution in [0.2, 0.25) is 0 Å². The summed E-state index contributed by atoms with van der Waals surface area (Å²) in [6.45, 7) is 8.81. The first-order valence-corrected chi connectivity index (χ1v) is 6.81. The zero-order chi connectivity index (χ0) is 13.0. The van der Waals surface area contributed by atoms with Crippen molar-refractivity contribution >= 4 is 17.4 Å². The highest BCUT2D eigenvalue weighted by Crippen LogP contribution is 2.20. The molecule has 0 bridgehead atoms. The van der Waals surface area contributed by atoms with Crippen molar-refractivity contribution in [2.75, 3.05) is 11.9 Å². The fourth-order valence-electron chi connectivity index (χ4n) is 1.73. The van der Waals surface area contributed by atoms with Crippen LogP contribution in [0.15, 0.2) is 12.1 Å². The Balaban J connectivity index is 3.03. The molecule has 3 heteroatoms. The number of anilines is 1. The third kappa shape index (κ3) is 3.60. The Labute approximate surface area is 110 Å². The summed E-state index contributed by atoms with van der Waals surface area (Å²) in [5.74, 6) is 2.18. The molecule has 0 aromatic carbocycles. The fraction of sp³-hybridized carbons (Fsp3) is 0.643. The van der Waals surface area contributed by atoms with E-state index in [0.717, 1.165) is 23.5 Å². The first kappa shape index (κ1) is 14.3. The van der Waals surface area contributed by atoms with Gasteiger partial charge in [-0.05, 0) is 37.0 Å². The van der Waals surface area contributed by atoms with Crippen LogP contribution < -0.4 is 4.90 Å². The van der Waals surface area contributed by atoms with Crippen LogP contribution in [-0.2, 0) is 12.3 Å². The van der Waals surface area contributed by atoms with Crippen molar-refractivity contribution in [1.82, 2.24) is 4.98 Å². The number of nitrogens with zero attached hydrogens (tertiary/aromatic N) is 2. The van der Waals surface area contributed by atoms with Crippen molar-refractivity contribution in [1.29, 1.82) is 0 Å². The Hall–Kier alpha value is -0.760. The molecule has 0 N–H and O–H groups in total. The van der Waals surface area contributed by atoms with Gasteiger partial charge in [0.1, 0.15) is 5.82 Å². The SMILES string of the molecule is CCc1cc(CCl)cc(N(C)C(C)C(C)C)n1. The quantitative estimate of drug-likeness (QED) is 0.742. The van der Waals surface area contributed by atoms with E-state index in [1.807, 2.05) is 0 Å². The molecule has 1 heterocycles. The van der Waals surface area contributed by atoms with Crippen molar-refractivity contribution in [3.05, 3.63) is 23.4 Å². The zero-order valence-electron chi connectivity index (χ0n) is 11.5. The lowest BCUT2D eigenvalue weighted by molar-refractivity contribution is 0.502. The number of hydrogen-bond donors (Lipinski definition) is 0. The lowest BCUT2D eigenvalue weighted by atomic mass is 10.1. The molecule has 1 unspecified atom stereocenters. The minimum absolute atomic E-state index is 0.470. The molecule has 0 radical (unpaired) electrons. The number of pyridine rings is 1. The van der Waals surface area contributed by atoms with Crippen LogP contribution in [0.4, 0.5) is 5.82 Å². The van der Waals surface area contributed by atoms with Crippen LogP contribution in [-0.4, -0.2) is 18.1 Å². The maximum atomic E-state index is 5.93. The maximum Gasteiger partial charge on any atom is 0.129 e. The second-order valence-corrected chi connectivity index (χ2v) is 5.17. The Morgan fingerprint density at radius 2 is 1.94 bits per heavy atom. The van der Waals surface area contributed by atoms with E-state index in [0.29, 0.717) is 17.8 Å². The van der Waals surface area contributed by atoms with Crippen LogP contribution in [0.1, 0.15) is 39.0 Å². The second kappa shape index (κ2) is 6.25. The smallest absolute Gasteiger partial charge is 0.129 e. The normalized spacial score (nSPS) is 12.9. The van der Waals surface area contributed by atoms with Crippen LogP contribution in [0.25, 0.3) is 0 Å². The van der Waals surface area contributed by atoms with Gasteiger partial charge in [-0.2, -0.15) is 0 Å². The molecule has 0 fully saturated rings. The van der Waals surface area contributed by atoms with Crippen molar-refractivity contribution in [3.8, 4) is 0 Å². The van der Waals surface area contributed by atoms with Crippen molar-refractivity contribution in [3.63, 3.8) is 0 Å². The molecule has 0 amide bonds. The topological polar surface area (TPSA) is 16.1 Å². The summed E-state index contributed by atoms with van der Waals surface area (Å²) in [4.78, 5) is 6.91. The van der Waals surface area contributed by atoms with Crippen molar-refractivity contribution in [2.24, 2.45) is 5.92 Å². The molecule has 0 spiro atoms. The molecule has 17 heavy (non-hydrogen) atoms. The Bertz CT molecular complexity index is 341. The van der Waals surface area contributed by atoms with Gasteiger partial charge in [0.25, 0.3) is 0 Å². The highest BCUT2D eigenvalue weighted by molar-refractivity contribution is 6.17. The van der Waals surface area contributed by atoms with E-state index in [2.05, 4.69) is 56.8 Å². The summed E-state index contributed by atoms with van der Waals surface area (Å²) < 4.78 is 0. The van der Waals surface area contributed by atoms with Gasteiger partial charge in [-0.25, -0.2) is 4.98 Å². The molecular formula is C14H23ClN2. The minimum Gasteiger partial charge on any atom is -0.357 e. The Morgan fingerprint density at radius 1 is 1.29 bits per heavy atom. The largest absolute Gasteiger partial charge is 0.357 e. The van der Waals surface area contributed by atoms with Crippen LogP contribution in [0.3, 0.4) is 0 Å². The number of aromatic nitrogens is 1. The summed E-state index contributed by atoms with van der Waals surface area (Å²) in [6, 6.07) is 4.65. The van der Waals surface area contributed by atoms with Gasteiger partial charge in [0.15, 0.2) is 0 Å². The number of rotatable bonds is 5. The van der Waals surface area contributed by atoms with Gasteiger partial charge in [-0.3, -0.25) is 0 Å². The van der Waals surface area contributed by atoms with E-state index in [1.54, 1.807) is 0 Å². The molecule has 0 aliphatic heterocycles. The predicted molar refractivity (Wildman–Crippen MR) is 75.9 cm³/mol. The van der Waals surface area contributed by atoms with E-state index >= 15 is 0 Å². The lowest BCUT2D eigenvalue weighted by Crippen LogP contribution is -2.34.